The first kappa shape index (κ1) is 14.0. The van der Waals surface area contributed by atoms with Crippen molar-refractivity contribution < 1.29 is 9.26 Å². The molecule has 0 amide bonds. The van der Waals surface area contributed by atoms with Gasteiger partial charge in [0.1, 0.15) is 5.75 Å². The van der Waals surface area contributed by atoms with Crippen LogP contribution in [0.1, 0.15) is 10.8 Å². The molecule has 4 rings (SSSR count). The van der Waals surface area contributed by atoms with Crippen LogP contribution in [-0.4, -0.2) is 17.3 Å². The second kappa shape index (κ2) is 5.85. The maximum absolute atomic E-state index is 5.37. The van der Waals surface area contributed by atoms with Gasteiger partial charge in [-0.05, 0) is 40.4 Å². The lowest BCUT2D eigenvalue weighted by atomic mass is 10.1. The molecular formula is C18H14N2O2S. The van der Waals surface area contributed by atoms with E-state index in [2.05, 4.69) is 22.3 Å². The minimum atomic E-state index is 0.620. The average Bonchev–Trinajstić information content (AvgIpc) is 3.26. The van der Waals surface area contributed by atoms with E-state index in [0.717, 1.165) is 22.1 Å². The van der Waals surface area contributed by atoms with E-state index < -0.39 is 0 Å². The maximum atomic E-state index is 5.37. The lowest BCUT2D eigenvalue weighted by molar-refractivity contribution is 0.386. The van der Waals surface area contributed by atoms with Crippen LogP contribution in [0.25, 0.3) is 22.2 Å². The molecule has 5 heteroatoms. The molecule has 0 atom stereocenters. The first-order valence-electron chi connectivity index (χ1n) is 7.25. The van der Waals surface area contributed by atoms with E-state index in [1.54, 1.807) is 18.4 Å². The van der Waals surface area contributed by atoms with Gasteiger partial charge in [-0.25, -0.2) is 0 Å². The van der Waals surface area contributed by atoms with Crippen LogP contribution in [0.5, 0.6) is 5.75 Å². The highest BCUT2D eigenvalue weighted by molar-refractivity contribution is 7.09. The fourth-order valence-corrected chi connectivity index (χ4v) is 3.19. The van der Waals surface area contributed by atoms with Gasteiger partial charge in [0.05, 0.1) is 13.5 Å². The largest absolute Gasteiger partial charge is 0.497 e. The highest BCUT2D eigenvalue weighted by Gasteiger charge is 2.10. The van der Waals surface area contributed by atoms with Crippen molar-refractivity contribution >= 4 is 22.1 Å². The molecule has 0 radical (unpaired) electrons. The smallest absolute Gasteiger partial charge is 0.232 e. The van der Waals surface area contributed by atoms with Gasteiger partial charge in [-0.2, -0.15) is 4.98 Å². The number of rotatable bonds is 4. The van der Waals surface area contributed by atoms with Crippen molar-refractivity contribution in [2.24, 2.45) is 0 Å². The van der Waals surface area contributed by atoms with E-state index in [9.17, 15) is 0 Å². The first-order chi connectivity index (χ1) is 11.3. The Hall–Kier alpha value is -2.66. The van der Waals surface area contributed by atoms with Crippen LogP contribution in [0.3, 0.4) is 0 Å². The highest BCUT2D eigenvalue weighted by atomic mass is 32.1. The minimum Gasteiger partial charge on any atom is -0.497 e. The number of benzene rings is 2. The number of nitrogens with zero attached hydrogens (tertiary/aromatic N) is 2. The average molecular weight is 322 g/mol. The fraction of sp³-hybridized carbons (Fsp3) is 0.111. The Morgan fingerprint density at radius 1 is 1.09 bits per heavy atom. The van der Waals surface area contributed by atoms with Gasteiger partial charge in [0.25, 0.3) is 0 Å². The summed E-state index contributed by atoms with van der Waals surface area (Å²) in [6.45, 7) is 0. The summed E-state index contributed by atoms with van der Waals surface area (Å²) in [5.74, 6) is 2.11. The quantitative estimate of drug-likeness (QED) is 0.553. The number of fused-ring (bicyclic) bond motifs is 1. The van der Waals surface area contributed by atoms with Gasteiger partial charge in [0.2, 0.25) is 11.7 Å². The molecule has 0 aliphatic rings. The first-order valence-corrected chi connectivity index (χ1v) is 8.13. The van der Waals surface area contributed by atoms with Crippen molar-refractivity contribution in [1.29, 1.82) is 0 Å². The molecule has 2 aromatic carbocycles. The Bertz CT molecular complexity index is 945. The van der Waals surface area contributed by atoms with Gasteiger partial charge in [-0.15, -0.1) is 11.3 Å². The van der Waals surface area contributed by atoms with Gasteiger partial charge in [0.15, 0.2) is 0 Å². The molecule has 0 bridgehead atoms. The molecule has 2 aromatic heterocycles. The standard InChI is InChI=1S/C18H14N2O2S/c1-21-15-7-6-12-9-14(5-4-13(12)10-15)18-19-17(22-20-18)11-16-3-2-8-23-16/h2-10H,11H2,1H3. The third kappa shape index (κ3) is 2.83. The van der Waals surface area contributed by atoms with Gasteiger partial charge in [0, 0.05) is 10.4 Å². The van der Waals surface area contributed by atoms with E-state index in [1.165, 1.54) is 4.88 Å². The van der Waals surface area contributed by atoms with Crippen LogP contribution >= 0.6 is 11.3 Å². The van der Waals surface area contributed by atoms with Gasteiger partial charge >= 0.3 is 0 Å². The molecule has 2 heterocycles. The summed E-state index contributed by atoms with van der Waals surface area (Å²) in [6, 6.07) is 16.2. The minimum absolute atomic E-state index is 0.620. The molecule has 0 aliphatic heterocycles. The number of methoxy groups -OCH3 is 1. The maximum Gasteiger partial charge on any atom is 0.232 e. The van der Waals surface area contributed by atoms with Crippen LogP contribution in [0, 0.1) is 0 Å². The number of ether oxygens (including phenoxy) is 1. The van der Waals surface area contributed by atoms with E-state index >= 15 is 0 Å². The summed E-state index contributed by atoms with van der Waals surface area (Å²) in [5, 5.41) is 8.39. The Balaban J connectivity index is 1.65. The van der Waals surface area contributed by atoms with Crippen molar-refractivity contribution in [2.45, 2.75) is 6.42 Å². The second-order valence-corrected chi connectivity index (χ2v) is 6.23. The zero-order valence-electron chi connectivity index (χ0n) is 12.5. The SMILES string of the molecule is COc1ccc2cc(-c3noc(Cc4cccs4)n3)ccc2c1. The topological polar surface area (TPSA) is 48.2 Å². The molecular weight excluding hydrogens is 308 g/mol. The molecule has 4 aromatic rings. The van der Waals surface area contributed by atoms with Gasteiger partial charge < -0.3 is 9.26 Å². The Morgan fingerprint density at radius 2 is 1.96 bits per heavy atom. The Labute approximate surface area is 137 Å². The molecule has 0 N–H and O–H groups in total. The summed E-state index contributed by atoms with van der Waals surface area (Å²) in [4.78, 5) is 5.71. The van der Waals surface area contributed by atoms with Crippen LogP contribution in [0.4, 0.5) is 0 Å². The van der Waals surface area contributed by atoms with Crippen LogP contribution in [0.15, 0.2) is 58.4 Å². The van der Waals surface area contributed by atoms with E-state index in [4.69, 9.17) is 9.26 Å². The Kier molecular flexibility index (Phi) is 3.55. The fourth-order valence-electron chi connectivity index (χ4n) is 2.50. The lowest BCUT2D eigenvalue weighted by Gasteiger charge is -2.03. The van der Waals surface area contributed by atoms with Crippen LogP contribution in [-0.2, 0) is 6.42 Å². The van der Waals surface area contributed by atoms with Crippen molar-refractivity contribution in [3.05, 3.63) is 64.7 Å². The summed E-state index contributed by atoms with van der Waals surface area (Å²) in [5.41, 5.74) is 0.948. The summed E-state index contributed by atoms with van der Waals surface area (Å²) < 4.78 is 10.6. The number of hydrogen-bond donors (Lipinski definition) is 0. The van der Waals surface area contributed by atoms with Crippen molar-refractivity contribution in [1.82, 2.24) is 10.1 Å². The summed E-state index contributed by atoms with van der Waals surface area (Å²) in [7, 11) is 1.67. The van der Waals surface area contributed by atoms with E-state index in [1.807, 2.05) is 41.8 Å². The molecule has 0 fully saturated rings. The zero-order valence-corrected chi connectivity index (χ0v) is 13.3. The zero-order chi connectivity index (χ0) is 15.6. The van der Waals surface area contributed by atoms with E-state index in [0.29, 0.717) is 18.1 Å². The molecule has 0 spiro atoms. The second-order valence-electron chi connectivity index (χ2n) is 5.20. The van der Waals surface area contributed by atoms with Gasteiger partial charge in [-0.1, -0.05) is 29.4 Å². The third-order valence-electron chi connectivity index (χ3n) is 3.68. The number of aromatic nitrogens is 2. The van der Waals surface area contributed by atoms with Crippen molar-refractivity contribution in [3.8, 4) is 17.1 Å². The summed E-state index contributed by atoms with van der Waals surface area (Å²) in [6.07, 6.45) is 0.676. The molecule has 4 nitrogen and oxygen atoms in total. The molecule has 23 heavy (non-hydrogen) atoms. The van der Waals surface area contributed by atoms with Crippen molar-refractivity contribution in [2.75, 3.05) is 7.11 Å². The molecule has 0 saturated carbocycles. The lowest BCUT2D eigenvalue weighted by Crippen LogP contribution is -1.86. The van der Waals surface area contributed by atoms with Gasteiger partial charge in [-0.3, -0.25) is 0 Å². The highest BCUT2D eigenvalue weighted by Crippen LogP contribution is 2.26. The molecule has 114 valence electrons. The normalized spacial score (nSPS) is 11.0. The monoisotopic (exact) mass is 322 g/mol. The Morgan fingerprint density at radius 3 is 2.78 bits per heavy atom. The van der Waals surface area contributed by atoms with E-state index in [-0.39, 0.29) is 0 Å². The molecule has 0 unspecified atom stereocenters. The third-order valence-corrected chi connectivity index (χ3v) is 4.56. The number of thiophene rings is 1. The van der Waals surface area contributed by atoms with Crippen molar-refractivity contribution in [3.63, 3.8) is 0 Å². The predicted octanol–water partition coefficient (Wildman–Crippen LogP) is 4.55. The number of hydrogen-bond acceptors (Lipinski definition) is 5. The van der Waals surface area contributed by atoms with Crippen LogP contribution < -0.4 is 4.74 Å². The molecule has 0 saturated heterocycles. The van der Waals surface area contributed by atoms with Crippen LogP contribution in [0.2, 0.25) is 0 Å². The predicted molar refractivity (Wildman–Crippen MR) is 90.9 cm³/mol. The summed E-state index contributed by atoms with van der Waals surface area (Å²) >= 11 is 1.69. The molecule has 0 aliphatic carbocycles.